The van der Waals surface area contributed by atoms with Crippen molar-refractivity contribution in [1.29, 1.82) is 0 Å². The largest absolute Gasteiger partial charge is 0.497 e. The third-order valence-electron chi connectivity index (χ3n) is 4.21. The van der Waals surface area contributed by atoms with Gasteiger partial charge in [0.15, 0.2) is 4.80 Å². The van der Waals surface area contributed by atoms with Gasteiger partial charge in [-0.2, -0.15) is 0 Å². The average Bonchev–Trinajstić information content (AvgIpc) is 3.02. The van der Waals surface area contributed by atoms with E-state index in [9.17, 15) is 8.42 Å². The maximum absolute atomic E-state index is 12.5. The highest BCUT2D eigenvalue weighted by Crippen LogP contribution is 2.31. The van der Waals surface area contributed by atoms with Gasteiger partial charge in [-0.3, -0.25) is 0 Å². The van der Waals surface area contributed by atoms with Crippen molar-refractivity contribution in [2.75, 3.05) is 21.2 Å². The zero-order valence-corrected chi connectivity index (χ0v) is 18.3. The van der Waals surface area contributed by atoms with Gasteiger partial charge < -0.3 is 9.30 Å². The molecule has 0 N–H and O–H groups in total. The van der Waals surface area contributed by atoms with Crippen molar-refractivity contribution < 1.29 is 13.2 Å². The molecule has 28 heavy (non-hydrogen) atoms. The Balaban J connectivity index is 2.07. The van der Waals surface area contributed by atoms with Gasteiger partial charge in [-0.1, -0.05) is 11.6 Å². The van der Waals surface area contributed by atoms with E-state index >= 15 is 0 Å². The second-order valence-electron chi connectivity index (χ2n) is 6.20. The summed E-state index contributed by atoms with van der Waals surface area (Å²) < 4.78 is 33.2. The fraction of sp³-hybridized carbons (Fsp3) is 0.211. The number of halogens is 1. The van der Waals surface area contributed by atoms with E-state index in [1.807, 2.05) is 41.3 Å². The summed E-state index contributed by atoms with van der Waals surface area (Å²) in [6.07, 6.45) is 0. The molecule has 0 saturated heterocycles. The molecule has 0 unspecified atom stereocenters. The molecule has 0 radical (unpaired) electrons. The number of benzene rings is 2. The molecule has 0 spiro atoms. The number of thiazole rings is 1. The normalized spacial score (nSPS) is 12.6. The molecule has 3 aromatic rings. The third kappa shape index (κ3) is 4.00. The highest BCUT2D eigenvalue weighted by molar-refractivity contribution is 7.89. The van der Waals surface area contributed by atoms with Crippen molar-refractivity contribution in [1.82, 2.24) is 8.87 Å². The summed E-state index contributed by atoms with van der Waals surface area (Å²) >= 11 is 7.82. The zero-order valence-electron chi connectivity index (χ0n) is 15.9. The van der Waals surface area contributed by atoms with Crippen LogP contribution in [0.3, 0.4) is 0 Å². The van der Waals surface area contributed by atoms with Gasteiger partial charge in [-0.05, 0) is 42.5 Å². The Bertz CT molecular complexity index is 1160. The van der Waals surface area contributed by atoms with E-state index in [1.165, 1.54) is 35.8 Å². The predicted molar refractivity (Wildman–Crippen MR) is 113 cm³/mol. The summed E-state index contributed by atoms with van der Waals surface area (Å²) in [5.41, 5.74) is 2.22. The van der Waals surface area contributed by atoms with E-state index in [2.05, 4.69) is 4.99 Å². The van der Waals surface area contributed by atoms with Crippen LogP contribution in [0.2, 0.25) is 5.02 Å². The second-order valence-corrected chi connectivity index (χ2v) is 9.60. The van der Waals surface area contributed by atoms with Crippen molar-refractivity contribution in [2.24, 2.45) is 12.0 Å². The number of aromatic nitrogens is 1. The number of sulfonamides is 1. The van der Waals surface area contributed by atoms with E-state index in [1.54, 1.807) is 19.2 Å². The molecule has 6 nitrogen and oxygen atoms in total. The zero-order chi connectivity index (χ0) is 20.5. The van der Waals surface area contributed by atoms with Crippen LogP contribution in [0.5, 0.6) is 5.75 Å². The maximum atomic E-state index is 12.5. The van der Waals surface area contributed by atoms with Gasteiger partial charge in [-0.25, -0.2) is 17.7 Å². The van der Waals surface area contributed by atoms with Crippen LogP contribution in [0.1, 0.15) is 0 Å². The highest BCUT2D eigenvalue weighted by atomic mass is 35.5. The molecule has 0 aliphatic carbocycles. The van der Waals surface area contributed by atoms with E-state index in [-0.39, 0.29) is 4.90 Å². The molecule has 2 aromatic carbocycles. The molecular formula is C19H20ClN3O3S2. The lowest BCUT2D eigenvalue weighted by atomic mass is 10.2. The number of hydrogen-bond donors (Lipinski definition) is 0. The summed E-state index contributed by atoms with van der Waals surface area (Å²) in [4.78, 5) is 5.60. The number of methoxy groups -OCH3 is 1. The minimum atomic E-state index is -3.55. The van der Waals surface area contributed by atoms with Crippen molar-refractivity contribution in [3.05, 3.63) is 57.7 Å². The Kier molecular flexibility index (Phi) is 5.95. The van der Waals surface area contributed by atoms with Gasteiger partial charge >= 0.3 is 0 Å². The van der Waals surface area contributed by atoms with Crippen LogP contribution in [0, 0.1) is 0 Å². The fourth-order valence-electron chi connectivity index (χ4n) is 2.55. The lowest BCUT2D eigenvalue weighted by molar-refractivity contribution is 0.415. The van der Waals surface area contributed by atoms with Crippen LogP contribution in [0.15, 0.2) is 57.7 Å². The standard InChI is InChI=1S/C19H20ClN3O3S2/c1-22(2)28(24,25)15-9-10-17(20)16(11-15)18-12-27-19(23(18)3)21-13-5-7-14(26-4)8-6-13/h5-12H,1-4H3. The molecule has 3 rings (SSSR count). The van der Waals surface area contributed by atoms with Gasteiger partial charge in [0.2, 0.25) is 10.0 Å². The van der Waals surface area contributed by atoms with Crippen molar-refractivity contribution in [3.63, 3.8) is 0 Å². The van der Waals surface area contributed by atoms with Crippen molar-refractivity contribution >= 4 is 38.6 Å². The molecule has 0 aliphatic rings. The Morgan fingerprint density at radius 1 is 1.14 bits per heavy atom. The molecule has 0 amide bonds. The fourth-order valence-corrected chi connectivity index (χ4v) is 4.61. The summed E-state index contributed by atoms with van der Waals surface area (Å²) in [5, 5.41) is 2.39. The average molecular weight is 438 g/mol. The first-order chi connectivity index (χ1) is 13.2. The van der Waals surface area contributed by atoms with Crippen LogP contribution in [0.4, 0.5) is 5.69 Å². The topological polar surface area (TPSA) is 63.9 Å². The number of nitrogens with zero attached hydrogens (tertiary/aromatic N) is 3. The number of rotatable bonds is 5. The maximum Gasteiger partial charge on any atom is 0.242 e. The summed E-state index contributed by atoms with van der Waals surface area (Å²) in [6.45, 7) is 0. The molecule has 148 valence electrons. The molecule has 0 bridgehead atoms. The van der Waals surface area contributed by atoms with E-state index in [0.717, 1.165) is 21.9 Å². The lowest BCUT2D eigenvalue weighted by Crippen LogP contribution is -2.22. The summed E-state index contributed by atoms with van der Waals surface area (Å²) in [6, 6.07) is 12.1. The number of hydrogen-bond acceptors (Lipinski definition) is 5. The van der Waals surface area contributed by atoms with Crippen LogP contribution in [-0.4, -0.2) is 38.5 Å². The van der Waals surface area contributed by atoms with Gasteiger partial charge in [0.05, 0.1) is 23.4 Å². The molecule has 0 aliphatic heterocycles. The van der Waals surface area contributed by atoms with Gasteiger partial charge in [0.1, 0.15) is 5.75 Å². The first kappa shape index (κ1) is 20.6. The molecular weight excluding hydrogens is 418 g/mol. The van der Waals surface area contributed by atoms with Crippen LogP contribution in [-0.2, 0) is 17.1 Å². The molecule has 9 heteroatoms. The van der Waals surface area contributed by atoms with Gasteiger partial charge in [-0.15, -0.1) is 11.3 Å². The van der Waals surface area contributed by atoms with Gasteiger partial charge in [0.25, 0.3) is 0 Å². The Morgan fingerprint density at radius 3 is 2.43 bits per heavy atom. The van der Waals surface area contributed by atoms with Crippen molar-refractivity contribution in [3.8, 4) is 17.0 Å². The Morgan fingerprint density at radius 2 is 1.82 bits per heavy atom. The van der Waals surface area contributed by atoms with E-state index in [0.29, 0.717) is 10.6 Å². The van der Waals surface area contributed by atoms with Crippen LogP contribution < -0.4 is 9.54 Å². The lowest BCUT2D eigenvalue weighted by Gasteiger charge is -2.13. The number of ether oxygens (including phenoxy) is 1. The first-order valence-corrected chi connectivity index (χ1v) is 11.0. The molecule has 1 heterocycles. The SMILES string of the molecule is COc1ccc(N=c2scc(-c3cc(S(=O)(=O)N(C)C)ccc3Cl)n2C)cc1. The quantitative estimate of drug-likeness (QED) is 0.608. The highest BCUT2D eigenvalue weighted by Gasteiger charge is 2.20. The second kappa shape index (κ2) is 8.08. The van der Waals surface area contributed by atoms with Gasteiger partial charge in [0, 0.05) is 37.1 Å². The molecule has 1 aromatic heterocycles. The third-order valence-corrected chi connectivity index (χ3v) is 7.27. The van der Waals surface area contributed by atoms with Crippen LogP contribution in [0.25, 0.3) is 11.3 Å². The molecule has 0 saturated carbocycles. The molecule has 0 fully saturated rings. The predicted octanol–water partition coefficient (Wildman–Crippen LogP) is 3.90. The van der Waals surface area contributed by atoms with Crippen LogP contribution >= 0.6 is 22.9 Å². The van der Waals surface area contributed by atoms with Crippen molar-refractivity contribution in [2.45, 2.75) is 4.90 Å². The summed E-state index contributed by atoms with van der Waals surface area (Å²) in [7, 11) is 2.94. The monoisotopic (exact) mass is 437 g/mol. The minimum Gasteiger partial charge on any atom is -0.497 e. The minimum absolute atomic E-state index is 0.191. The summed E-state index contributed by atoms with van der Waals surface area (Å²) in [5.74, 6) is 0.765. The Hall–Kier alpha value is -2.13. The smallest absolute Gasteiger partial charge is 0.242 e. The van der Waals surface area contributed by atoms with E-state index in [4.69, 9.17) is 16.3 Å². The molecule has 0 atom stereocenters. The first-order valence-electron chi connectivity index (χ1n) is 8.30. The van der Waals surface area contributed by atoms with E-state index < -0.39 is 10.0 Å². The Labute approximate surface area is 173 Å².